The van der Waals surface area contributed by atoms with Crippen molar-refractivity contribution in [1.29, 1.82) is 0 Å². The Hall–Kier alpha value is -2.29. The summed E-state index contributed by atoms with van der Waals surface area (Å²) >= 11 is 6.94. The molecule has 1 fully saturated rings. The number of rotatable bonds is 8. The van der Waals surface area contributed by atoms with Gasteiger partial charge in [0, 0.05) is 26.1 Å². The van der Waals surface area contributed by atoms with Gasteiger partial charge in [0.25, 0.3) is 0 Å². The van der Waals surface area contributed by atoms with Crippen molar-refractivity contribution in [1.82, 2.24) is 25.0 Å². The first-order valence-electron chi connectivity index (χ1n) is 9.95. The molecule has 3 aromatic rings. The standard InChI is InChI=1S/C21H25N5OS2/c27-19(9-12-26-20(23-24-21(26)28)18-8-5-13-29-18)22-14-16-6-1-2-7-17(16)15-25-10-3-4-11-25/h1-2,5-8,13H,3-4,9-12,14-15H2,(H,22,27)(H,24,28). The Bertz CT molecular complexity index is 1000. The number of aromatic nitrogens is 3. The molecule has 0 bridgehead atoms. The fraction of sp³-hybridized carbons (Fsp3) is 0.381. The Kier molecular flexibility index (Phi) is 6.53. The van der Waals surface area contributed by atoms with Crippen molar-refractivity contribution in [3.63, 3.8) is 0 Å². The van der Waals surface area contributed by atoms with E-state index in [-0.39, 0.29) is 5.91 Å². The van der Waals surface area contributed by atoms with Gasteiger partial charge in [0.1, 0.15) is 0 Å². The molecule has 2 aromatic heterocycles. The lowest BCUT2D eigenvalue weighted by Gasteiger charge is -2.17. The molecule has 3 heterocycles. The Morgan fingerprint density at radius 2 is 1.97 bits per heavy atom. The summed E-state index contributed by atoms with van der Waals surface area (Å²) in [5.74, 6) is 0.801. The molecular formula is C21H25N5OS2. The van der Waals surface area contributed by atoms with E-state index in [1.54, 1.807) is 11.3 Å². The first-order chi connectivity index (χ1) is 14.2. The fourth-order valence-corrected chi connectivity index (χ4v) is 4.63. The van der Waals surface area contributed by atoms with Crippen LogP contribution in [0.1, 0.15) is 30.4 Å². The molecule has 1 aromatic carbocycles. The van der Waals surface area contributed by atoms with Crippen molar-refractivity contribution in [3.8, 4) is 10.7 Å². The van der Waals surface area contributed by atoms with Crippen LogP contribution in [0.3, 0.4) is 0 Å². The van der Waals surface area contributed by atoms with Crippen LogP contribution < -0.4 is 5.32 Å². The van der Waals surface area contributed by atoms with Crippen molar-refractivity contribution < 1.29 is 4.79 Å². The number of carbonyl (C=O) groups is 1. The normalized spacial score (nSPS) is 14.3. The number of nitrogens with zero attached hydrogens (tertiary/aromatic N) is 3. The van der Waals surface area contributed by atoms with E-state index < -0.39 is 0 Å². The van der Waals surface area contributed by atoms with Crippen molar-refractivity contribution in [2.75, 3.05) is 13.1 Å². The van der Waals surface area contributed by atoms with E-state index in [1.165, 1.54) is 37.1 Å². The first kappa shape index (κ1) is 20.0. The minimum Gasteiger partial charge on any atom is -0.352 e. The van der Waals surface area contributed by atoms with Crippen LogP contribution in [0, 0.1) is 4.77 Å². The number of benzene rings is 1. The van der Waals surface area contributed by atoms with Gasteiger partial charge in [0.05, 0.1) is 4.88 Å². The van der Waals surface area contributed by atoms with Crippen LogP contribution in [0.15, 0.2) is 41.8 Å². The molecule has 1 aliphatic heterocycles. The van der Waals surface area contributed by atoms with Gasteiger partial charge in [-0.3, -0.25) is 19.4 Å². The summed E-state index contributed by atoms with van der Waals surface area (Å²) in [5.41, 5.74) is 2.48. The number of thiophene rings is 1. The Morgan fingerprint density at radius 1 is 1.17 bits per heavy atom. The molecule has 0 aliphatic carbocycles. The van der Waals surface area contributed by atoms with E-state index in [0.717, 1.165) is 17.2 Å². The number of hydrogen-bond donors (Lipinski definition) is 2. The lowest BCUT2D eigenvalue weighted by atomic mass is 10.1. The van der Waals surface area contributed by atoms with Crippen LogP contribution >= 0.6 is 23.6 Å². The second-order valence-corrected chi connectivity index (χ2v) is 8.59. The van der Waals surface area contributed by atoms with Crippen LogP contribution in [-0.4, -0.2) is 38.7 Å². The van der Waals surface area contributed by atoms with Crippen LogP contribution in [0.4, 0.5) is 0 Å². The summed E-state index contributed by atoms with van der Waals surface area (Å²) in [6, 6.07) is 12.4. The quantitative estimate of drug-likeness (QED) is 0.534. The van der Waals surface area contributed by atoms with Crippen LogP contribution in [0.5, 0.6) is 0 Å². The molecule has 1 aliphatic rings. The van der Waals surface area contributed by atoms with E-state index in [1.807, 2.05) is 28.1 Å². The summed E-state index contributed by atoms with van der Waals surface area (Å²) in [5, 5.41) is 12.2. The molecule has 0 unspecified atom stereocenters. The molecule has 0 saturated carbocycles. The summed E-state index contributed by atoms with van der Waals surface area (Å²) in [6.07, 6.45) is 2.92. The third kappa shape index (κ3) is 5.01. The smallest absolute Gasteiger partial charge is 0.222 e. The van der Waals surface area contributed by atoms with Crippen molar-refractivity contribution in [3.05, 3.63) is 57.7 Å². The number of aromatic amines is 1. The largest absolute Gasteiger partial charge is 0.352 e. The minimum absolute atomic E-state index is 0.0150. The number of hydrogen-bond acceptors (Lipinski definition) is 5. The van der Waals surface area contributed by atoms with Crippen LogP contribution in [0.25, 0.3) is 10.7 Å². The zero-order valence-corrected chi connectivity index (χ0v) is 17.9. The second-order valence-electron chi connectivity index (χ2n) is 7.26. The lowest BCUT2D eigenvalue weighted by molar-refractivity contribution is -0.121. The molecule has 152 valence electrons. The predicted molar refractivity (Wildman–Crippen MR) is 118 cm³/mol. The highest BCUT2D eigenvalue weighted by molar-refractivity contribution is 7.71. The van der Waals surface area contributed by atoms with Gasteiger partial charge in [0.15, 0.2) is 10.6 Å². The predicted octanol–water partition coefficient (Wildman–Crippen LogP) is 3.97. The van der Waals surface area contributed by atoms with Crippen molar-refractivity contribution in [2.45, 2.75) is 38.9 Å². The average molecular weight is 428 g/mol. The van der Waals surface area contributed by atoms with Crippen molar-refractivity contribution in [2.24, 2.45) is 0 Å². The number of likely N-dealkylation sites (tertiary alicyclic amines) is 1. The number of amides is 1. The highest BCUT2D eigenvalue weighted by atomic mass is 32.1. The molecule has 0 spiro atoms. The van der Waals surface area contributed by atoms with Gasteiger partial charge in [-0.1, -0.05) is 30.3 Å². The van der Waals surface area contributed by atoms with E-state index in [0.29, 0.717) is 24.3 Å². The maximum atomic E-state index is 12.5. The van der Waals surface area contributed by atoms with Gasteiger partial charge in [-0.15, -0.1) is 11.3 Å². The Balaban J connectivity index is 1.34. The maximum absolute atomic E-state index is 12.5. The van der Waals surface area contributed by atoms with E-state index in [9.17, 15) is 4.79 Å². The SMILES string of the molecule is O=C(CCn1c(-c2cccs2)n[nH]c1=S)NCc1ccccc1CN1CCCC1. The highest BCUT2D eigenvalue weighted by Crippen LogP contribution is 2.23. The summed E-state index contributed by atoms with van der Waals surface area (Å²) in [4.78, 5) is 16.0. The Morgan fingerprint density at radius 3 is 2.72 bits per heavy atom. The van der Waals surface area contributed by atoms with Gasteiger partial charge in [-0.25, -0.2) is 0 Å². The number of H-pyrrole nitrogens is 1. The molecule has 29 heavy (non-hydrogen) atoms. The van der Waals surface area contributed by atoms with E-state index in [4.69, 9.17) is 12.2 Å². The van der Waals surface area contributed by atoms with Crippen molar-refractivity contribution >= 4 is 29.5 Å². The molecule has 0 radical (unpaired) electrons. The molecule has 6 nitrogen and oxygen atoms in total. The lowest BCUT2D eigenvalue weighted by Crippen LogP contribution is -2.25. The second kappa shape index (κ2) is 9.47. The zero-order chi connectivity index (χ0) is 20.1. The van der Waals surface area contributed by atoms with E-state index >= 15 is 0 Å². The van der Waals surface area contributed by atoms with Crippen LogP contribution in [-0.2, 0) is 24.4 Å². The van der Waals surface area contributed by atoms with E-state index in [2.05, 4.69) is 38.6 Å². The molecule has 4 rings (SSSR count). The summed E-state index contributed by atoms with van der Waals surface area (Å²) in [6.45, 7) is 4.35. The molecule has 8 heteroatoms. The molecule has 2 N–H and O–H groups in total. The monoisotopic (exact) mass is 427 g/mol. The van der Waals surface area contributed by atoms with Gasteiger partial charge in [-0.2, -0.15) is 5.10 Å². The van der Waals surface area contributed by atoms with Gasteiger partial charge >= 0.3 is 0 Å². The number of carbonyl (C=O) groups excluding carboxylic acids is 1. The maximum Gasteiger partial charge on any atom is 0.222 e. The molecule has 1 amide bonds. The summed E-state index contributed by atoms with van der Waals surface area (Å²) in [7, 11) is 0. The van der Waals surface area contributed by atoms with Gasteiger partial charge < -0.3 is 5.32 Å². The fourth-order valence-electron chi connectivity index (χ4n) is 3.68. The zero-order valence-electron chi connectivity index (χ0n) is 16.3. The number of nitrogens with one attached hydrogen (secondary N) is 2. The molecular weight excluding hydrogens is 402 g/mol. The average Bonchev–Trinajstić information content (AvgIpc) is 3.48. The summed E-state index contributed by atoms with van der Waals surface area (Å²) < 4.78 is 2.43. The highest BCUT2D eigenvalue weighted by Gasteiger charge is 2.14. The first-order valence-corrected chi connectivity index (χ1v) is 11.2. The molecule has 1 saturated heterocycles. The third-order valence-electron chi connectivity index (χ3n) is 5.25. The topological polar surface area (TPSA) is 66.0 Å². The molecule has 0 atom stereocenters. The van der Waals surface area contributed by atoms with Crippen LogP contribution in [0.2, 0.25) is 0 Å². The third-order valence-corrected chi connectivity index (χ3v) is 6.43. The van der Waals surface area contributed by atoms with Gasteiger partial charge in [0.2, 0.25) is 5.91 Å². The minimum atomic E-state index is 0.0150. The Labute approximate surface area is 179 Å². The van der Waals surface area contributed by atoms with Gasteiger partial charge in [-0.05, 0) is 60.7 Å².